The highest BCUT2D eigenvalue weighted by Gasteiger charge is 2.16. The molecule has 120 valence electrons. The van der Waals surface area contributed by atoms with Crippen LogP contribution in [0.3, 0.4) is 0 Å². The van der Waals surface area contributed by atoms with E-state index in [1.54, 1.807) is 13.0 Å². The molecule has 0 aromatic heterocycles. The van der Waals surface area contributed by atoms with Crippen molar-refractivity contribution < 1.29 is 9.13 Å². The van der Waals surface area contributed by atoms with Gasteiger partial charge in [-0.15, -0.1) is 0 Å². The Morgan fingerprint density at radius 3 is 2.52 bits per heavy atom. The van der Waals surface area contributed by atoms with Crippen molar-refractivity contribution in [2.45, 2.75) is 60.4 Å². The fourth-order valence-electron chi connectivity index (χ4n) is 2.07. The molecule has 0 amide bonds. The van der Waals surface area contributed by atoms with Crippen LogP contribution in [-0.4, -0.2) is 13.2 Å². The highest BCUT2D eigenvalue weighted by atomic mass is 19.1. The van der Waals surface area contributed by atoms with Gasteiger partial charge in [0.15, 0.2) is 0 Å². The number of rotatable bonds is 7. The van der Waals surface area contributed by atoms with Gasteiger partial charge in [0.05, 0.1) is 6.61 Å². The molecule has 21 heavy (non-hydrogen) atoms. The standard InChI is InChI=1S/C18H30FNO/c1-7-9-20-14(3)15-12-16(19)13(2)11-17(15)21-10-8-18(4,5)6/h11-12,14,20H,7-10H2,1-6H3. The molecule has 0 heterocycles. The van der Waals surface area contributed by atoms with E-state index >= 15 is 0 Å². The minimum Gasteiger partial charge on any atom is -0.493 e. The zero-order chi connectivity index (χ0) is 16.0. The Balaban J connectivity index is 2.87. The Morgan fingerprint density at radius 1 is 1.29 bits per heavy atom. The van der Waals surface area contributed by atoms with E-state index in [0.717, 1.165) is 30.7 Å². The van der Waals surface area contributed by atoms with Crippen LogP contribution < -0.4 is 10.1 Å². The summed E-state index contributed by atoms with van der Waals surface area (Å²) in [5.74, 6) is 0.632. The van der Waals surface area contributed by atoms with Crippen molar-refractivity contribution in [2.75, 3.05) is 13.2 Å². The van der Waals surface area contributed by atoms with Crippen LogP contribution in [0.1, 0.15) is 64.6 Å². The molecule has 3 heteroatoms. The monoisotopic (exact) mass is 295 g/mol. The molecule has 0 aliphatic rings. The molecule has 0 saturated heterocycles. The third kappa shape index (κ3) is 6.04. The van der Waals surface area contributed by atoms with Gasteiger partial charge in [-0.25, -0.2) is 4.39 Å². The van der Waals surface area contributed by atoms with Crippen molar-refractivity contribution in [3.8, 4) is 5.75 Å². The van der Waals surface area contributed by atoms with E-state index in [1.807, 2.05) is 6.07 Å². The number of nitrogens with one attached hydrogen (secondary N) is 1. The fourth-order valence-corrected chi connectivity index (χ4v) is 2.07. The van der Waals surface area contributed by atoms with Gasteiger partial charge in [-0.05, 0) is 56.3 Å². The van der Waals surface area contributed by atoms with Crippen molar-refractivity contribution in [2.24, 2.45) is 5.41 Å². The number of aryl methyl sites for hydroxylation is 1. The Morgan fingerprint density at radius 2 is 1.95 bits per heavy atom. The predicted molar refractivity (Wildman–Crippen MR) is 87.4 cm³/mol. The lowest BCUT2D eigenvalue weighted by atomic mass is 9.93. The molecule has 0 bridgehead atoms. The summed E-state index contributed by atoms with van der Waals surface area (Å²) in [6, 6.07) is 3.51. The smallest absolute Gasteiger partial charge is 0.126 e. The van der Waals surface area contributed by atoms with Crippen molar-refractivity contribution in [1.29, 1.82) is 0 Å². The van der Waals surface area contributed by atoms with E-state index in [0.29, 0.717) is 12.2 Å². The van der Waals surface area contributed by atoms with Crippen LogP contribution >= 0.6 is 0 Å². The normalized spacial score (nSPS) is 13.3. The lowest BCUT2D eigenvalue weighted by Gasteiger charge is -2.22. The molecule has 0 radical (unpaired) electrons. The van der Waals surface area contributed by atoms with Crippen LogP contribution in [0, 0.1) is 18.2 Å². The number of benzene rings is 1. The topological polar surface area (TPSA) is 21.3 Å². The summed E-state index contributed by atoms with van der Waals surface area (Å²) in [4.78, 5) is 0. The number of hydrogen-bond donors (Lipinski definition) is 1. The summed E-state index contributed by atoms with van der Waals surface area (Å²) in [7, 11) is 0. The average Bonchev–Trinajstić information content (AvgIpc) is 2.38. The van der Waals surface area contributed by atoms with Gasteiger partial charge in [0.1, 0.15) is 11.6 Å². The number of halogens is 1. The van der Waals surface area contributed by atoms with Crippen LogP contribution in [0.4, 0.5) is 4.39 Å². The summed E-state index contributed by atoms with van der Waals surface area (Å²) < 4.78 is 19.8. The van der Waals surface area contributed by atoms with Gasteiger partial charge in [0.2, 0.25) is 0 Å². The second kappa shape index (κ2) is 7.79. The molecule has 0 aliphatic carbocycles. The van der Waals surface area contributed by atoms with Crippen LogP contribution in [0.5, 0.6) is 5.75 Å². The van der Waals surface area contributed by atoms with Gasteiger partial charge in [-0.2, -0.15) is 0 Å². The van der Waals surface area contributed by atoms with Crippen molar-refractivity contribution in [1.82, 2.24) is 5.32 Å². The van der Waals surface area contributed by atoms with Gasteiger partial charge >= 0.3 is 0 Å². The minimum absolute atomic E-state index is 0.0877. The van der Waals surface area contributed by atoms with Crippen LogP contribution in [0.25, 0.3) is 0 Å². The maximum absolute atomic E-state index is 13.9. The molecule has 0 saturated carbocycles. The van der Waals surface area contributed by atoms with Crippen molar-refractivity contribution >= 4 is 0 Å². The summed E-state index contributed by atoms with van der Waals surface area (Å²) in [6.07, 6.45) is 2.03. The van der Waals surface area contributed by atoms with E-state index in [1.165, 1.54) is 0 Å². The lowest BCUT2D eigenvalue weighted by molar-refractivity contribution is 0.239. The van der Waals surface area contributed by atoms with Gasteiger partial charge in [0.25, 0.3) is 0 Å². The van der Waals surface area contributed by atoms with Gasteiger partial charge in [-0.1, -0.05) is 27.7 Å². The molecule has 1 aromatic rings. The zero-order valence-electron chi connectivity index (χ0n) is 14.3. The largest absolute Gasteiger partial charge is 0.493 e. The van der Waals surface area contributed by atoms with Crippen LogP contribution in [0.15, 0.2) is 12.1 Å². The molecule has 2 nitrogen and oxygen atoms in total. The van der Waals surface area contributed by atoms with Gasteiger partial charge < -0.3 is 10.1 Å². The third-order valence-corrected chi connectivity index (χ3v) is 3.57. The minimum atomic E-state index is -0.168. The van der Waals surface area contributed by atoms with E-state index in [9.17, 15) is 4.39 Å². The maximum Gasteiger partial charge on any atom is 0.126 e. The zero-order valence-corrected chi connectivity index (χ0v) is 14.3. The Hall–Kier alpha value is -1.09. The highest BCUT2D eigenvalue weighted by molar-refractivity contribution is 5.40. The highest BCUT2D eigenvalue weighted by Crippen LogP contribution is 2.29. The summed E-state index contributed by atoms with van der Waals surface area (Å²) >= 11 is 0. The SMILES string of the molecule is CCCNC(C)c1cc(F)c(C)cc1OCCC(C)(C)C. The van der Waals surface area contributed by atoms with Crippen molar-refractivity contribution in [3.63, 3.8) is 0 Å². The summed E-state index contributed by atoms with van der Waals surface area (Å²) in [6.45, 7) is 14.1. The Labute approximate surface area is 129 Å². The molecule has 0 fully saturated rings. The maximum atomic E-state index is 13.9. The molecule has 1 aromatic carbocycles. The van der Waals surface area contributed by atoms with E-state index in [4.69, 9.17) is 4.74 Å². The summed E-state index contributed by atoms with van der Waals surface area (Å²) in [5.41, 5.74) is 1.77. The molecule has 0 aliphatic heterocycles. The van der Waals surface area contributed by atoms with Gasteiger partial charge in [0, 0.05) is 11.6 Å². The molecule has 1 N–H and O–H groups in total. The van der Waals surface area contributed by atoms with Crippen molar-refractivity contribution in [3.05, 3.63) is 29.1 Å². The number of hydrogen-bond acceptors (Lipinski definition) is 2. The van der Waals surface area contributed by atoms with Crippen LogP contribution in [-0.2, 0) is 0 Å². The molecular formula is C18H30FNO. The predicted octanol–water partition coefficient (Wildman–Crippen LogP) is 5.01. The molecule has 1 atom stereocenters. The summed E-state index contributed by atoms with van der Waals surface area (Å²) in [5, 5.41) is 3.40. The van der Waals surface area contributed by atoms with E-state index in [2.05, 4.69) is 39.9 Å². The Kier molecular flexibility index (Phi) is 6.66. The first-order valence-corrected chi connectivity index (χ1v) is 7.91. The molecular weight excluding hydrogens is 265 g/mol. The first kappa shape index (κ1) is 18.0. The van der Waals surface area contributed by atoms with Gasteiger partial charge in [-0.3, -0.25) is 0 Å². The molecule has 1 rings (SSSR count). The second-order valence-corrected chi connectivity index (χ2v) is 6.97. The fraction of sp³-hybridized carbons (Fsp3) is 0.667. The number of ether oxygens (including phenoxy) is 1. The van der Waals surface area contributed by atoms with Crippen LogP contribution in [0.2, 0.25) is 0 Å². The quantitative estimate of drug-likeness (QED) is 0.763. The average molecular weight is 295 g/mol. The first-order valence-electron chi connectivity index (χ1n) is 7.91. The molecule has 1 unspecified atom stereocenters. The molecule has 0 spiro atoms. The van der Waals surface area contributed by atoms with E-state index < -0.39 is 0 Å². The van der Waals surface area contributed by atoms with E-state index in [-0.39, 0.29) is 17.3 Å². The lowest BCUT2D eigenvalue weighted by Crippen LogP contribution is -2.21. The second-order valence-electron chi connectivity index (χ2n) is 6.97. The Bertz CT molecular complexity index is 451. The third-order valence-electron chi connectivity index (χ3n) is 3.57. The first-order chi connectivity index (χ1) is 9.74.